The van der Waals surface area contributed by atoms with Crippen molar-refractivity contribution in [3.63, 3.8) is 0 Å². The third kappa shape index (κ3) is 4.44. The summed E-state index contributed by atoms with van der Waals surface area (Å²) >= 11 is 0. The summed E-state index contributed by atoms with van der Waals surface area (Å²) in [6.45, 7) is 3.03. The van der Waals surface area contributed by atoms with Crippen LogP contribution in [0.2, 0.25) is 0 Å². The molecule has 0 fully saturated rings. The Morgan fingerprint density at radius 2 is 1.64 bits per heavy atom. The van der Waals surface area contributed by atoms with E-state index in [1.165, 1.54) is 64.6 Å². The van der Waals surface area contributed by atoms with Crippen molar-refractivity contribution in [2.45, 2.75) is 25.3 Å². The Balaban J connectivity index is 1.80. The van der Waals surface area contributed by atoms with E-state index in [2.05, 4.69) is 0 Å². The van der Waals surface area contributed by atoms with Gasteiger partial charge in [0.05, 0.1) is 34.8 Å². The SMILES string of the molecule is CCOC(=O)c1ccc(CN(c2ccc(C(C)=O)cc2)S(=O)(=O)c2ccc3c(c2)n(C)c(=O)n3C)o1. The number of rotatable bonds is 8. The first-order valence-corrected chi connectivity index (χ1v) is 12.5. The number of esters is 1. The molecule has 0 unspecified atom stereocenters. The third-order valence-electron chi connectivity index (χ3n) is 5.83. The van der Waals surface area contributed by atoms with Crippen molar-refractivity contribution in [1.82, 2.24) is 9.13 Å². The van der Waals surface area contributed by atoms with Gasteiger partial charge in [-0.2, -0.15) is 0 Å². The quantitative estimate of drug-likeness (QED) is 0.263. The van der Waals surface area contributed by atoms with Crippen molar-refractivity contribution in [2.75, 3.05) is 10.9 Å². The standard InChI is InChI=1S/C25H25N3O7S/c1-5-34-24(30)23-13-10-19(35-23)15-28(18-8-6-17(7-9-18)16(2)29)36(32,33)20-11-12-21-22(14-20)27(4)25(31)26(21)3/h6-14H,5,15H2,1-4H3. The zero-order chi connectivity index (χ0) is 26.2. The molecule has 0 N–H and O–H groups in total. The van der Waals surface area contributed by atoms with Gasteiger partial charge < -0.3 is 9.15 Å². The molecule has 188 valence electrons. The molecule has 2 aromatic heterocycles. The summed E-state index contributed by atoms with van der Waals surface area (Å²) in [6, 6.07) is 13.5. The topological polar surface area (TPSA) is 121 Å². The first-order valence-electron chi connectivity index (χ1n) is 11.1. The van der Waals surface area contributed by atoms with Crippen LogP contribution < -0.4 is 9.99 Å². The van der Waals surface area contributed by atoms with Gasteiger partial charge in [-0.15, -0.1) is 0 Å². The number of carbonyl (C=O) groups is 2. The molecule has 0 spiro atoms. The van der Waals surface area contributed by atoms with Crippen LogP contribution in [0.5, 0.6) is 0 Å². The predicted octanol–water partition coefficient (Wildman–Crippen LogP) is 3.24. The number of furan rings is 1. The predicted molar refractivity (Wildman–Crippen MR) is 133 cm³/mol. The zero-order valence-electron chi connectivity index (χ0n) is 20.2. The molecule has 0 aliphatic heterocycles. The lowest BCUT2D eigenvalue weighted by Crippen LogP contribution is -2.30. The highest BCUT2D eigenvalue weighted by Crippen LogP contribution is 2.29. The number of hydrogen-bond donors (Lipinski definition) is 0. The molecule has 4 rings (SSSR count). The Kier molecular flexibility index (Phi) is 6.59. The number of carbonyl (C=O) groups excluding carboxylic acids is 2. The maximum Gasteiger partial charge on any atom is 0.374 e. The summed E-state index contributed by atoms with van der Waals surface area (Å²) in [5.41, 5.74) is 1.48. The van der Waals surface area contributed by atoms with E-state index in [4.69, 9.17) is 9.15 Å². The number of sulfonamides is 1. The van der Waals surface area contributed by atoms with Crippen LogP contribution in [0.3, 0.4) is 0 Å². The molecule has 10 nitrogen and oxygen atoms in total. The first-order chi connectivity index (χ1) is 17.0. The van der Waals surface area contributed by atoms with E-state index in [-0.39, 0.29) is 46.7 Å². The Hall–Kier alpha value is -4.12. The second kappa shape index (κ2) is 9.50. The molecule has 2 aromatic carbocycles. The lowest BCUT2D eigenvalue weighted by atomic mass is 10.1. The summed E-state index contributed by atoms with van der Waals surface area (Å²) < 4.78 is 42.2. The van der Waals surface area contributed by atoms with Crippen LogP contribution in [0.25, 0.3) is 11.0 Å². The Bertz CT molecular complexity index is 1630. The van der Waals surface area contributed by atoms with E-state index in [1.54, 1.807) is 27.1 Å². The highest BCUT2D eigenvalue weighted by Gasteiger charge is 2.28. The maximum atomic E-state index is 13.9. The Morgan fingerprint density at radius 3 is 2.28 bits per heavy atom. The van der Waals surface area contributed by atoms with Crippen LogP contribution in [-0.2, 0) is 35.4 Å². The molecule has 0 radical (unpaired) electrons. The van der Waals surface area contributed by atoms with Crippen LogP contribution in [0, 0.1) is 0 Å². The van der Waals surface area contributed by atoms with E-state index >= 15 is 0 Å². The van der Waals surface area contributed by atoms with Gasteiger partial charge in [0.1, 0.15) is 5.76 Å². The normalized spacial score (nSPS) is 11.6. The molecule has 0 aliphatic rings. The van der Waals surface area contributed by atoms with Crippen LogP contribution in [0.15, 0.2) is 68.7 Å². The molecule has 4 aromatic rings. The molecule has 36 heavy (non-hydrogen) atoms. The highest BCUT2D eigenvalue weighted by atomic mass is 32.2. The molecule has 0 atom stereocenters. The van der Waals surface area contributed by atoms with Crippen molar-refractivity contribution in [1.29, 1.82) is 0 Å². The van der Waals surface area contributed by atoms with Crippen molar-refractivity contribution in [3.05, 3.63) is 82.2 Å². The van der Waals surface area contributed by atoms with E-state index < -0.39 is 16.0 Å². The fourth-order valence-corrected chi connectivity index (χ4v) is 5.32. The maximum absolute atomic E-state index is 13.9. The van der Waals surface area contributed by atoms with E-state index in [9.17, 15) is 22.8 Å². The summed E-state index contributed by atoms with van der Waals surface area (Å²) in [4.78, 5) is 36.0. The second-order valence-electron chi connectivity index (χ2n) is 8.15. The van der Waals surface area contributed by atoms with Crippen molar-refractivity contribution in [3.8, 4) is 0 Å². The van der Waals surface area contributed by atoms with Gasteiger partial charge in [0, 0.05) is 19.7 Å². The Morgan fingerprint density at radius 1 is 0.972 bits per heavy atom. The number of ketones is 1. The second-order valence-corrected chi connectivity index (χ2v) is 10.0. The molecule has 0 saturated carbocycles. The minimum absolute atomic E-state index is 0.0379. The molecule has 11 heteroatoms. The number of anilines is 1. The number of nitrogens with zero attached hydrogens (tertiary/aromatic N) is 3. The third-order valence-corrected chi connectivity index (χ3v) is 7.60. The van der Waals surface area contributed by atoms with Crippen molar-refractivity contribution in [2.24, 2.45) is 14.1 Å². The monoisotopic (exact) mass is 511 g/mol. The van der Waals surface area contributed by atoms with E-state index in [1.807, 2.05) is 0 Å². The summed E-state index contributed by atoms with van der Waals surface area (Å²) in [5.74, 6) is -0.641. The van der Waals surface area contributed by atoms with Gasteiger partial charge in [0.15, 0.2) is 5.78 Å². The average molecular weight is 512 g/mol. The van der Waals surface area contributed by atoms with Crippen LogP contribution in [-0.4, -0.2) is 35.9 Å². The number of hydrogen-bond acceptors (Lipinski definition) is 7. The van der Waals surface area contributed by atoms with E-state index in [0.717, 1.165) is 4.31 Å². The average Bonchev–Trinajstić information content (AvgIpc) is 3.42. The van der Waals surface area contributed by atoms with E-state index in [0.29, 0.717) is 16.6 Å². The summed E-state index contributed by atoms with van der Waals surface area (Å²) in [6.07, 6.45) is 0. The number of aromatic nitrogens is 2. The summed E-state index contributed by atoms with van der Waals surface area (Å²) in [5, 5.41) is 0. The molecule has 0 bridgehead atoms. The molecule has 0 saturated heterocycles. The largest absolute Gasteiger partial charge is 0.460 e. The number of Topliss-reactive ketones (excluding diaryl/α,β-unsaturated/α-hetero) is 1. The molecule has 0 aliphatic carbocycles. The first kappa shape index (κ1) is 25.0. The lowest BCUT2D eigenvalue weighted by molar-refractivity contribution is 0.0488. The lowest BCUT2D eigenvalue weighted by Gasteiger charge is -2.24. The van der Waals surface area contributed by atoms with Gasteiger partial charge in [-0.1, -0.05) is 0 Å². The fourth-order valence-electron chi connectivity index (χ4n) is 3.87. The van der Waals surface area contributed by atoms with Crippen LogP contribution >= 0.6 is 0 Å². The van der Waals surface area contributed by atoms with Gasteiger partial charge in [-0.3, -0.25) is 18.2 Å². The number of ether oxygens (including phenoxy) is 1. The smallest absolute Gasteiger partial charge is 0.374 e. The summed E-state index contributed by atoms with van der Waals surface area (Å²) in [7, 11) is -0.991. The Labute approximate surface area is 207 Å². The number of benzene rings is 2. The van der Waals surface area contributed by atoms with Crippen molar-refractivity contribution < 1.29 is 27.2 Å². The van der Waals surface area contributed by atoms with Gasteiger partial charge >= 0.3 is 11.7 Å². The van der Waals surface area contributed by atoms with Crippen molar-refractivity contribution >= 4 is 38.5 Å². The number of fused-ring (bicyclic) bond motifs is 1. The van der Waals surface area contributed by atoms with Gasteiger partial charge in [-0.05, 0) is 68.4 Å². The minimum Gasteiger partial charge on any atom is -0.460 e. The molecular formula is C25H25N3O7S. The fraction of sp³-hybridized carbons (Fsp3) is 0.240. The highest BCUT2D eigenvalue weighted by molar-refractivity contribution is 7.92. The molecular weight excluding hydrogens is 486 g/mol. The number of imidazole rings is 1. The zero-order valence-corrected chi connectivity index (χ0v) is 21.0. The minimum atomic E-state index is -4.17. The van der Waals surface area contributed by atoms with Gasteiger partial charge in [-0.25, -0.2) is 18.0 Å². The van der Waals surface area contributed by atoms with Gasteiger partial charge in [0.25, 0.3) is 10.0 Å². The van der Waals surface area contributed by atoms with Crippen LogP contribution in [0.4, 0.5) is 5.69 Å². The number of aryl methyl sites for hydroxylation is 2. The molecule has 2 heterocycles. The van der Waals surface area contributed by atoms with Crippen LogP contribution in [0.1, 0.15) is 40.5 Å². The molecule has 0 amide bonds. The van der Waals surface area contributed by atoms with Gasteiger partial charge in [0.2, 0.25) is 5.76 Å².